The highest BCUT2D eigenvalue weighted by molar-refractivity contribution is 7.89. The van der Waals surface area contributed by atoms with E-state index in [4.69, 9.17) is 0 Å². The second kappa shape index (κ2) is 12.9. The molecule has 0 spiro atoms. The summed E-state index contributed by atoms with van der Waals surface area (Å²) in [4.78, 5) is 30.9. The van der Waals surface area contributed by atoms with E-state index in [1.807, 2.05) is 25.1 Å². The van der Waals surface area contributed by atoms with Crippen molar-refractivity contribution < 1.29 is 41.0 Å². The zero-order chi connectivity index (χ0) is 31.5. The van der Waals surface area contributed by atoms with E-state index < -0.39 is 40.1 Å². The van der Waals surface area contributed by atoms with Gasteiger partial charge in [-0.15, -0.1) is 13.2 Å². The number of aromatic carboxylic acids is 1. The number of anilines is 1. The number of piperazine rings is 1. The number of sulfonamides is 1. The molecule has 0 saturated carbocycles. The predicted molar refractivity (Wildman–Crippen MR) is 154 cm³/mol. The summed E-state index contributed by atoms with van der Waals surface area (Å²) in [6, 6.07) is 8.45. The zero-order valence-electron chi connectivity index (χ0n) is 23.6. The lowest BCUT2D eigenvalue weighted by molar-refractivity contribution is -0.274. The first-order valence-electron chi connectivity index (χ1n) is 13.4. The largest absolute Gasteiger partial charge is 0.573 e. The van der Waals surface area contributed by atoms with E-state index in [0.29, 0.717) is 10.8 Å². The maximum absolute atomic E-state index is 13.7. The second-order valence-electron chi connectivity index (χ2n) is 10.0. The summed E-state index contributed by atoms with van der Waals surface area (Å²) in [7, 11) is -4.34. The van der Waals surface area contributed by atoms with Gasteiger partial charge in [0, 0.05) is 26.2 Å². The molecule has 10 nitrogen and oxygen atoms in total. The van der Waals surface area contributed by atoms with Gasteiger partial charge in [-0.2, -0.15) is 4.31 Å². The van der Waals surface area contributed by atoms with Crippen molar-refractivity contribution in [2.24, 2.45) is 0 Å². The Labute approximate surface area is 251 Å². The van der Waals surface area contributed by atoms with Crippen molar-refractivity contribution in [3.05, 3.63) is 69.7 Å². The van der Waals surface area contributed by atoms with Gasteiger partial charge in [-0.05, 0) is 61.2 Å². The van der Waals surface area contributed by atoms with Gasteiger partial charge in [0.05, 0.1) is 10.6 Å². The number of aromatic nitrogens is 1. The summed E-state index contributed by atoms with van der Waals surface area (Å²) in [6.45, 7) is 5.52. The van der Waals surface area contributed by atoms with Crippen molar-refractivity contribution in [2.75, 3.05) is 24.5 Å². The number of alkyl halides is 3. The average Bonchev–Trinajstić information content (AvgIpc) is 3.33. The van der Waals surface area contributed by atoms with E-state index in [1.54, 1.807) is 11.8 Å². The number of halogens is 3. The summed E-state index contributed by atoms with van der Waals surface area (Å²) >= 11 is 0.926. The Morgan fingerprint density at radius 3 is 2.42 bits per heavy atom. The highest BCUT2D eigenvalue weighted by Crippen LogP contribution is 2.31. The van der Waals surface area contributed by atoms with Crippen LogP contribution in [0.15, 0.2) is 47.4 Å². The fourth-order valence-corrected chi connectivity index (χ4v) is 7.32. The lowest BCUT2D eigenvalue weighted by Gasteiger charge is -2.39. The number of aryl methyl sites for hydroxylation is 3. The molecular weight excluding hydrogens is 609 g/mol. The SMILES string of the molecule is CCCc1ccc(CNC(=O)[C@H]2CN(c3nc(C)c(C(=O)O)s3)CCN2S(=O)(=O)c2ccc(OC(F)(F)F)cc2)c(C)c1. The minimum Gasteiger partial charge on any atom is -0.477 e. The van der Waals surface area contributed by atoms with Gasteiger partial charge in [-0.3, -0.25) is 4.79 Å². The number of nitrogens with one attached hydrogen (secondary N) is 1. The Bertz CT molecular complexity index is 1590. The van der Waals surface area contributed by atoms with Crippen LogP contribution in [0.2, 0.25) is 0 Å². The lowest BCUT2D eigenvalue weighted by atomic mass is 10.0. The summed E-state index contributed by atoms with van der Waals surface area (Å²) in [6.07, 6.45) is -3.03. The fourth-order valence-electron chi connectivity index (χ4n) is 4.81. The van der Waals surface area contributed by atoms with Gasteiger partial charge in [0.15, 0.2) is 5.13 Å². The predicted octanol–water partition coefficient (Wildman–Crippen LogP) is 4.51. The second-order valence-corrected chi connectivity index (χ2v) is 12.9. The summed E-state index contributed by atoms with van der Waals surface area (Å²) < 4.78 is 70.0. The van der Waals surface area contributed by atoms with E-state index in [1.165, 1.54) is 5.56 Å². The Morgan fingerprint density at radius 2 is 1.84 bits per heavy atom. The topological polar surface area (TPSA) is 129 Å². The number of benzene rings is 2. The van der Waals surface area contributed by atoms with E-state index in [0.717, 1.165) is 63.9 Å². The molecule has 2 aromatic carbocycles. The van der Waals surface area contributed by atoms with Crippen LogP contribution in [0.1, 0.15) is 45.4 Å². The van der Waals surface area contributed by atoms with Gasteiger partial charge in [0.1, 0.15) is 16.7 Å². The van der Waals surface area contributed by atoms with Crippen LogP contribution in [-0.2, 0) is 27.8 Å². The Morgan fingerprint density at radius 1 is 1.14 bits per heavy atom. The molecule has 1 fully saturated rings. The number of hydrogen-bond donors (Lipinski definition) is 2. The van der Waals surface area contributed by atoms with Crippen LogP contribution in [0.4, 0.5) is 18.3 Å². The maximum atomic E-state index is 13.7. The van der Waals surface area contributed by atoms with Crippen molar-refractivity contribution in [1.82, 2.24) is 14.6 Å². The number of ether oxygens (including phenoxy) is 1. The highest BCUT2D eigenvalue weighted by atomic mass is 32.2. The van der Waals surface area contributed by atoms with Gasteiger partial charge >= 0.3 is 12.3 Å². The molecule has 3 aromatic rings. The smallest absolute Gasteiger partial charge is 0.477 e. The molecule has 232 valence electrons. The third-order valence-corrected chi connectivity index (χ3v) is 10.1. The molecule has 1 aromatic heterocycles. The summed E-state index contributed by atoms with van der Waals surface area (Å²) in [5.41, 5.74) is 3.30. The van der Waals surface area contributed by atoms with Crippen LogP contribution in [0.5, 0.6) is 5.75 Å². The minimum absolute atomic E-state index is 0.0363. The Balaban J connectivity index is 1.61. The zero-order valence-corrected chi connectivity index (χ0v) is 25.3. The first kappa shape index (κ1) is 32.2. The molecule has 0 radical (unpaired) electrons. The van der Waals surface area contributed by atoms with Crippen LogP contribution >= 0.6 is 11.3 Å². The first-order valence-corrected chi connectivity index (χ1v) is 15.6. The molecule has 0 bridgehead atoms. The van der Waals surface area contributed by atoms with Crippen LogP contribution < -0.4 is 15.0 Å². The Kier molecular flexibility index (Phi) is 9.66. The van der Waals surface area contributed by atoms with Gasteiger partial charge in [0.2, 0.25) is 15.9 Å². The number of nitrogens with zero attached hydrogens (tertiary/aromatic N) is 3. The molecule has 4 rings (SSSR count). The molecule has 1 amide bonds. The quantitative estimate of drug-likeness (QED) is 0.332. The van der Waals surface area contributed by atoms with Crippen molar-refractivity contribution in [3.63, 3.8) is 0 Å². The molecule has 2 N–H and O–H groups in total. The number of thiazole rings is 1. The van der Waals surface area contributed by atoms with E-state index in [2.05, 4.69) is 22.0 Å². The molecule has 1 saturated heterocycles. The van der Waals surface area contributed by atoms with Crippen LogP contribution in [0.3, 0.4) is 0 Å². The number of carboxylic acid groups (broad SMARTS) is 1. The van der Waals surface area contributed by atoms with Crippen LogP contribution in [-0.4, -0.2) is 66.7 Å². The third-order valence-electron chi connectivity index (χ3n) is 6.95. The molecule has 15 heteroatoms. The number of carbonyl (C=O) groups is 2. The molecule has 1 aliphatic heterocycles. The van der Waals surface area contributed by atoms with Gasteiger partial charge < -0.3 is 20.1 Å². The van der Waals surface area contributed by atoms with Gasteiger partial charge in [0.25, 0.3) is 0 Å². The molecule has 43 heavy (non-hydrogen) atoms. The van der Waals surface area contributed by atoms with E-state index >= 15 is 0 Å². The van der Waals surface area contributed by atoms with Crippen molar-refractivity contribution in [2.45, 2.75) is 57.5 Å². The molecule has 1 atom stereocenters. The maximum Gasteiger partial charge on any atom is 0.573 e. The molecular formula is C28H31F3N4O6S2. The highest BCUT2D eigenvalue weighted by Gasteiger charge is 2.41. The number of hydrogen-bond acceptors (Lipinski definition) is 8. The Hall–Kier alpha value is -3.69. The normalized spacial score (nSPS) is 16.2. The first-order chi connectivity index (χ1) is 20.2. The number of rotatable bonds is 10. The molecule has 0 unspecified atom stereocenters. The van der Waals surface area contributed by atoms with Crippen molar-refractivity contribution in [1.29, 1.82) is 0 Å². The van der Waals surface area contributed by atoms with Crippen molar-refractivity contribution >= 4 is 38.4 Å². The molecule has 2 heterocycles. The van der Waals surface area contributed by atoms with Gasteiger partial charge in [-0.1, -0.05) is 42.9 Å². The molecule has 0 aliphatic carbocycles. The fraction of sp³-hybridized carbons (Fsp3) is 0.393. The van der Waals surface area contributed by atoms with Gasteiger partial charge in [-0.25, -0.2) is 18.2 Å². The number of amides is 1. The number of carbonyl (C=O) groups excluding carboxylic acids is 1. The number of carboxylic acids is 1. The van der Waals surface area contributed by atoms with E-state index in [-0.39, 0.29) is 36.0 Å². The summed E-state index contributed by atoms with van der Waals surface area (Å²) in [5.74, 6) is -2.32. The summed E-state index contributed by atoms with van der Waals surface area (Å²) in [5, 5.41) is 12.6. The van der Waals surface area contributed by atoms with E-state index in [9.17, 15) is 36.3 Å². The third kappa shape index (κ3) is 7.64. The van der Waals surface area contributed by atoms with Crippen LogP contribution in [0.25, 0.3) is 0 Å². The lowest BCUT2D eigenvalue weighted by Crippen LogP contribution is -2.60. The molecule has 1 aliphatic rings. The standard InChI is InChI=1S/C28H31F3N4O6S2/c1-4-5-19-6-7-20(17(2)14-19)15-32-25(36)23-16-34(27-33-18(3)24(42-27)26(37)38)12-13-35(23)43(39,40)22-10-8-21(9-11-22)41-28(29,30)31/h6-11,14,23H,4-5,12-13,15-16H2,1-3H3,(H,32,36)(H,37,38)/t23-/m1/s1. The monoisotopic (exact) mass is 640 g/mol. The van der Waals surface area contributed by atoms with Crippen LogP contribution in [0, 0.1) is 13.8 Å². The minimum atomic E-state index is -4.94. The van der Waals surface area contributed by atoms with Crippen molar-refractivity contribution in [3.8, 4) is 5.75 Å². The average molecular weight is 641 g/mol.